The molecule has 0 spiro atoms. The molecular formula is C20H19NO3. The molecular weight excluding hydrogens is 302 g/mol. The first-order chi connectivity index (χ1) is 11.8. The van der Waals surface area contributed by atoms with E-state index in [0.29, 0.717) is 24.7 Å². The van der Waals surface area contributed by atoms with Crippen molar-refractivity contribution in [1.29, 1.82) is 0 Å². The topological polar surface area (TPSA) is 47.6 Å². The molecule has 24 heavy (non-hydrogen) atoms. The highest BCUT2D eigenvalue weighted by atomic mass is 16.5. The first kappa shape index (κ1) is 15.9. The molecule has 0 bridgehead atoms. The van der Waals surface area contributed by atoms with E-state index < -0.39 is 6.09 Å². The van der Waals surface area contributed by atoms with Gasteiger partial charge in [-0.3, -0.25) is 5.32 Å². The first-order valence-electron chi connectivity index (χ1n) is 7.89. The maximum absolute atomic E-state index is 11.8. The Morgan fingerprint density at radius 1 is 0.958 bits per heavy atom. The lowest BCUT2D eigenvalue weighted by Crippen LogP contribution is -2.14. The van der Waals surface area contributed by atoms with Crippen LogP contribution in [-0.4, -0.2) is 12.7 Å². The molecule has 0 saturated heterocycles. The zero-order valence-corrected chi connectivity index (χ0v) is 13.5. The van der Waals surface area contributed by atoms with Crippen LogP contribution in [0.25, 0.3) is 10.8 Å². The Bertz CT molecular complexity index is 831. The van der Waals surface area contributed by atoms with Gasteiger partial charge in [0.1, 0.15) is 12.4 Å². The van der Waals surface area contributed by atoms with Crippen molar-refractivity contribution in [3.63, 3.8) is 0 Å². The van der Waals surface area contributed by atoms with Crippen molar-refractivity contribution in [1.82, 2.24) is 0 Å². The molecule has 0 aromatic heterocycles. The quantitative estimate of drug-likeness (QED) is 0.720. The van der Waals surface area contributed by atoms with Gasteiger partial charge in [-0.2, -0.15) is 0 Å². The van der Waals surface area contributed by atoms with Gasteiger partial charge in [0.25, 0.3) is 0 Å². The van der Waals surface area contributed by atoms with Crippen molar-refractivity contribution >= 4 is 22.6 Å². The smallest absolute Gasteiger partial charge is 0.411 e. The second-order valence-electron chi connectivity index (χ2n) is 5.32. The summed E-state index contributed by atoms with van der Waals surface area (Å²) in [6.07, 6.45) is -0.489. The summed E-state index contributed by atoms with van der Waals surface area (Å²) in [4.78, 5) is 11.8. The van der Waals surface area contributed by atoms with E-state index in [9.17, 15) is 4.79 Å². The van der Waals surface area contributed by atoms with Gasteiger partial charge in [0.15, 0.2) is 0 Å². The van der Waals surface area contributed by atoms with Gasteiger partial charge in [0, 0.05) is 0 Å². The van der Waals surface area contributed by atoms with Crippen molar-refractivity contribution in [3.05, 3.63) is 72.3 Å². The standard InChI is InChI=1S/C20H19NO3/c1-2-23-20(22)21-18-12-16-10-6-7-11-17(16)13-19(18)24-14-15-8-4-3-5-9-15/h3-13H,2,14H2,1H3,(H,21,22). The number of rotatable bonds is 5. The molecule has 0 unspecified atom stereocenters. The number of carbonyl (C=O) groups is 1. The molecule has 0 aliphatic heterocycles. The van der Waals surface area contributed by atoms with Crippen molar-refractivity contribution < 1.29 is 14.3 Å². The summed E-state index contributed by atoms with van der Waals surface area (Å²) in [5.74, 6) is 0.616. The van der Waals surface area contributed by atoms with Gasteiger partial charge in [-0.05, 0) is 35.4 Å². The lowest BCUT2D eigenvalue weighted by Gasteiger charge is -2.14. The van der Waals surface area contributed by atoms with Gasteiger partial charge in [0.2, 0.25) is 0 Å². The lowest BCUT2D eigenvalue weighted by molar-refractivity contribution is 0.167. The van der Waals surface area contributed by atoms with Crippen molar-refractivity contribution in [2.45, 2.75) is 13.5 Å². The molecule has 4 heteroatoms. The van der Waals surface area contributed by atoms with Crippen LogP contribution in [0.5, 0.6) is 5.75 Å². The normalized spacial score (nSPS) is 10.4. The molecule has 122 valence electrons. The average Bonchev–Trinajstić information content (AvgIpc) is 2.61. The van der Waals surface area contributed by atoms with E-state index in [0.717, 1.165) is 16.3 Å². The number of benzene rings is 3. The van der Waals surface area contributed by atoms with Crippen LogP contribution in [0.4, 0.5) is 10.5 Å². The number of ether oxygens (including phenoxy) is 2. The molecule has 3 aromatic carbocycles. The Hall–Kier alpha value is -3.01. The molecule has 0 fully saturated rings. The molecule has 4 nitrogen and oxygen atoms in total. The SMILES string of the molecule is CCOC(=O)Nc1cc2ccccc2cc1OCc1ccccc1. The van der Waals surface area contributed by atoms with Crippen LogP contribution >= 0.6 is 0 Å². The molecule has 0 radical (unpaired) electrons. The van der Waals surface area contributed by atoms with Gasteiger partial charge in [0.05, 0.1) is 12.3 Å². The second kappa shape index (κ2) is 7.51. The zero-order chi connectivity index (χ0) is 16.8. The highest BCUT2D eigenvalue weighted by molar-refractivity contribution is 5.94. The monoisotopic (exact) mass is 321 g/mol. The van der Waals surface area contributed by atoms with E-state index in [4.69, 9.17) is 9.47 Å². The van der Waals surface area contributed by atoms with Crippen molar-refractivity contribution in [2.24, 2.45) is 0 Å². The lowest BCUT2D eigenvalue weighted by atomic mass is 10.1. The number of hydrogen-bond donors (Lipinski definition) is 1. The molecule has 0 heterocycles. The molecule has 3 rings (SSSR count). The number of fused-ring (bicyclic) bond motifs is 1. The van der Waals surface area contributed by atoms with Crippen LogP contribution in [0.1, 0.15) is 12.5 Å². The largest absolute Gasteiger partial charge is 0.487 e. The Morgan fingerprint density at radius 3 is 2.33 bits per heavy atom. The van der Waals surface area contributed by atoms with Gasteiger partial charge in [-0.15, -0.1) is 0 Å². The van der Waals surface area contributed by atoms with Crippen molar-refractivity contribution in [2.75, 3.05) is 11.9 Å². The Morgan fingerprint density at radius 2 is 1.62 bits per heavy atom. The summed E-state index contributed by atoms with van der Waals surface area (Å²) in [6, 6.07) is 21.7. The minimum Gasteiger partial charge on any atom is -0.487 e. The Balaban J connectivity index is 1.89. The molecule has 1 N–H and O–H groups in total. The maximum atomic E-state index is 11.8. The zero-order valence-electron chi connectivity index (χ0n) is 13.5. The van der Waals surface area contributed by atoms with Crippen LogP contribution in [0.3, 0.4) is 0 Å². The van der Waals surface area contributed by atoms with E-state index in [1.807, 2.05) is 66.7 Å². The van der Waals surface area contributed by atoms with Gasteiger partial charge in [-0.1, -0.05) is 54.6 Å². The van der Waals surface area contributed by atoms with E-state index in [1.54, 1.807) is 6.92 Å². The summed E-state index contributed by atoms with van der Waals surface area (Å²) in [5, 5.41) is 4.83. The van der Waals surface area contributed by atoms with E-state index in [2.05, 4.69) is 5.32 Å². The second-order valence-corrected chi connectivity index (χ2v) is 5.32. The number of amides is 1. The van der Waals surface area contributed by atoms with E-state index >= 15 is 0 Å². The van der Waals surface area contributed by atoms with Gasteiger partial charge < -0.3 is 9.47 Å². The number of anilines is 1. The van der Waals surface area contributed by atoms with Crippen LogP contribution in [-0.2, 0) is 11.3 Å². The van der Waals surface area contributed by atoms with Crippen LogP contribution in [0, 0.1) is 0 Å². The minimum atomic E-state index is -0.489. The number of carbonyl (C=O) groups excluding carboxylic acids is 1. The van der Waals surface area contributed by atoms with E-state index in [1.165, 1.54) is 0 Å². The average molecular weight is 321 g/mol. The predicted molar refractivity (Wildman–Crippen MR) is 95.4 cm³/mol. The van der Waals surface area contributed by atoms with Gasteiger partial charge in [-0.25, -0.2) is 4.79 Å². The predicted octanol–water partition coefficient (Wildman–Crippen LogP) is 4.99. The third kappa shape index (κ3) is 3.84. The molecule has 1 amide bonds. The Labute approximate surface area is 141 Å². The first-order valence-corrected chi connectivity index (χ1v) is 7.89. The Kier molecular flexibility index (Phi) is 4.96. The summed E-state index contributed by atoms with van der Waals surface area (Å²) in [6.45, 7) is 2.52. The third-order valence-corrected chi connectivity index (χ3v) is 3.60. The number of hydrogen-bond acceptors (Lipinski definition) is 3. The summed E-state index contributed by atoms with van der Waals surface area (Å²) in [7, 11) is 0. The summed E-state index contributed by atoms with van der Waals surface area (Å²) in [5.41, 5.74) is 1.66. The maximum Gasteiger partial charge on any atom is 0.411 e. The molecule has 3 aromatic rings. The third-order valence-electron chi connectivity index (χ3n) is 3.60. The molecule has 0 aliphatic carbocycles. The highest BCUT2D eigenvalue weighted by Gasteiger charge is 2.10. The fraction of sp³-hybridized carbons (Fsp3) is 0.150. The minimum absolute atomic E-state index is 0.319. The fourth-order valence-corrected chi connectivity index (χ4v) is 2.45. The van der Waals surface area contributed by atoms with E-state index in [-0.39, 0.29) is 0 Å². The van der Waals surface area contributed by atoms with Crippen LogP contribution < -0.4 is 10.1 Å². The summed E-state index contributed by atoms with van der Waals surface area (Å²) < 4.78 is 10.9. The highest BCUT2D eigenvalue weighted by Crippen LogP contribution is 2.31. The molecule has 0 atom stereocenters. The summed E-state index contributed by atoms with van der Waals surface area (Å²) >= 11 is 0. The van der Waals surface area contributed by atoms with Crippen molar-refractivity contribution in [3.8, 4) is 5.75 Å². The fourth-order valence-electron chi connectivity index (χ4n) is 2.45. The number of nitrogens with one attached hydrogen (secondary N) is 1. The van der Waals surface area contributed by atoms with Crippen LogP contribution in [0.15, 0.2) is 66.7 Å². The van der Waals surface area contributed by atoms with Crippen LogP contribution in [0.2, 0.25) is 0 Å². The molecule has 0 saturated carbocycles. The van der Waals surface area contributed by atoms with Gasteiger partial charge >= 0.3 is 6.09 Å². The molecule has 0 aliphatic rings.